The quantitative estimate of drug-likeness (QED) is 0.105. The summed E-state index contributed by atoms with van der Waals surface area (Å²) in [5.41, 5.74) is 0.312. The summed E-state index contributed by atoms with van der Waals surface area (Å²) in [5, 5.41) is 3.91. The van der Waals surface area contributed by atoms with Crippen molar-refractivity contribution >= 4 is 11.9 Å². The lowest BCUT2D eigenvalue weighted by molar-refractivity contribution is -0.135. The van der Waals surface area contributed by atoms with Gasteiger partial charge in [0.1, 0.15) is 18.4 Å². The van der Waals surface area contributed by atoms with E-state index in [1.165, 1.54) is 103 Å². The Labute approximate surface area is 218 Å². The molecular weight excluding hydrogens is 450 g/mol. The van der Waals surface area contributed by atoms with E-state index < -0.39 is 0 Å². The second-order valence-corrected chi connectivity index (χ2v) is 10.0. The van der Waals surface area contributed by atoms with Crippen LogP contribution in [-0.2, 0) is 4.79 Å². The van der Waals surface area contributed by atoms with Crippen LogP contribution >= 0.6 is 0 Å². The Balaban J connectivity index is 1.86. The van der Waals surface area contributed by atoms with Crippen molar-refractivity contribution < 1.29 is 14.3 Å². The van der Waals surface area contributed by atoms with Crippen LogP contribution in [0.1, 0.15) is 133 Å². The zero-order chi connectivity index (χ0) is 25.8. The first-order chi connectivity index (χ1) is 17.7. The molecule has 2 rings (SSSR count). The molecule has 0 spiro atoms. The van der Waals surface area contributed by atoms with E-state index in [-0.39, 0.29) is 17.6 Å². The van der Waals surface area contributed by atoms with Gasteiger partial charge in [-0.05, 0) is 30.9 Å². The van der Waals surface area contributed by atoms with Crippen molar-refractivity contribution in [2.24, 2.45) is 5.92 Å². The molecule has 6 heteroatoms. The number of ether oxygens (including phenoxy) is 1. The van der Waals surface area contributed by atoms with Gasteiger partial charge in [0.25, 0.3) is 5.91 Å². The van der Waals surface area contributed by atoms with E-state index in [2.05, 4.69) is 23.9 Å². The van der Waals surface area contributed by atoms with Crippen molar-refractivity contribution in [3.63, 3.8) is 0 Å². The molecule has 1 aromatic heterocycles. The molecule has 0 aliphatic heterocycles. The van der Waals surface area contributed by atoms with Crippen LogP contribution in [0.3, 0.4) is 0 Å². The lowest BCUT2D eigenvalue weighted by atomic mass is 9.91. The lowest BCUT2D eigenvalue weighted by Crippen LogP contribution is -2.18. The first-order valence-electron chi connectivity index (χ1n) is 14.3. The number of nitrogens with zero attached hydrogens (tertiary/aromatic N) is 3. The zero-order valence-electron chi connectivity index (χ0n) is 22.6. The average Bonchev–Trinajstić information content (AvgIpc) is 3.42. The molecule has 36 heavy (non-hydrogen) atoms. The maximum atomic E-state index is 12.9. The molecule has 1 heterocycles. The molecule has 0 radical (unpaired) electrons. The molecule has 2 aromatic rings. The van der Waals surface area contributed by atoms with Crippen molar-refractivity contribution in [1.29, 1.82) is 0 Å². The van der Waals surface area contributed by atoms with Gasteiger partial charge in [-0.15, -0.1) is 0 Å². The van der Waals surface area contributed by atoms with E-state index in [0.717, 1.165) is 17.5 Å². The maximum absolute atomic E-state index is 12.9. The average molecular weight is 498 g/mol. The zero-order valence-corrected chi connectivity index (χ0v) is 22.6. The molecule has 0 bridgehead atoms. The first kappa shape index (κ1) is 29.7. The van der Waals surface area contributed by atoms with E-state index in [1.807, 2.05) is 0 Å². The highest BCUT2D eigenvalue weighted by molar-refractivity contribution is 5.98. The van der Waals surface area contributed by atoms with Gasteiger partial charge in [-0.25, -0.2) is 4.98 Å². The number of hydrogen-bond acceptors (Lipinski definition) is 5. The molecule has 1 unspecified atom stereocenters. The van der Waals surface area contributed by atoms with Crippen molar-refractivity contribution in [3.8, 4) is 5.75 Å². The van der Waals surface area contributed by atoms with E-state index in [0.29, 0.717) is 17.9 Å². The molecule has 1 atom stereocenters. The molecule has 6 nitrogen and oxygen atoms in total. The number of aromatic nitrogens is 3. The second kappa shape index (κ2) is 18.7. The summed E-state index contributed by atoms with van der Waals surface area (Å²) in [5.74, 6) is -0.00167. The standard InChI is InChI=1S/C30H47N3O3/c1-3-5-7-9-11-12-14-16-20-26(19-15-13-10-8-6-4-2)23-29(34)36-28-22-18-17-21-27(28)30(35)33-25-31-24-32-33/h17-18,21-22,24-26H,3-16,19-20,23H2,1-2H3. The fourth-order valence-corrected chi connectivity index (χ4v) is 4.70. The monoisotopic (exact) mass is 497 g/mol. The molecule has 0 aliphatic carbocycles. The number of para-hydroxylation sites is 1. The topological polar surface area (TPSA) is 74.1 Å². The summed E-state index contributed by atoms with van der Waals surface area (Å²) >= 11 is 0. The third-order valence-corrected chi connectivity index (χ3v) is 6.86. The molecule has 0 aliphatic rings. The van der Waals surface area contributed by atoms with Gasteiger partial charge in [-0.1, -0.05) is 116 Å². The van der Waals surface area contributed by atoms with Gasteiger partial charge in [0.2, 0.25) is 0 Å². The molecule has 0 N–H and O–H groups in total. The maximum Gasteiger partial charge on any atom is 0.311 e. The Hall–Kier alpha value is -2.50. The van der Waals surface area contributed by atoms with E-state index in [4.69, 9.17) is 4.74 Å². The number of carbonyl (C=O) groups is 2. The van der Waals surface area contributed by atoms with Crippen molar-refractivity contribution in [3.05, 3.63) is 42.5 Å². The van der Waals surface area contributed by atoms with Gasteiger partial charge in [0, 0.05) is 6.42 Å². The Morgan fingerprint density at radius 2 is 1.36 bits per heavy atom. The van der Waals surface area contributed by atoms with Crippen LogP contribution in [0.2, 0.25) is 0 Å². The molecule has 1 aromatic carbocycles. The van der Waals surface area contributed by atoms with Gasteiger partial charge in [-0.2, -0.15) is 9.78 Å². The van der Waals surface area contributed by atoms with Gasteiger partial charge in [0.15, 0.2) is 0 Å². The van der Waals surface area contributed by atoms with Gasteiger partial charge in [-0.3, -0.25) is 9.59 Å². The fourth-order valence-electron chi connectivity index (χ4n) is 4.70. The van der Waals surface area contributed by atoms with Crippen LogP contribution in [0.5, 0.6) is 5.75 Å². The van der Waals surface area contributed by atoms with Gasteiger partial charge in [0.05, 0.1) is 5.56 Å². The smallest absolute Gasteiger partial charge is 0.311 e. The van der Waals surface area contributed by atoms with Gasteiger partial charge >= 0.3 is 5.97 Å². The number of esters is 1. The minimum atomic E-state index is -0.363. The van der Waals surface area contributed by atoms with Crippen molar-refractivity contribution in [1.82, 2.24) is 14.8 Å². The summed E-state index contributed by atoms with van der Waals surface area (Å²) in [4.78, 5) is 29.5. The minimum Gasteiger partial charge on any atom is -0.426 e. The number of hydrogen-bond donors (Lipinski definition) is 0. The van der Waals surface area contributed by atoms with Crippen LogP contribution < -0.4 is 4.74 Å². The predicted molar refractivity (Wildman–Crippen MR) is 145 cm³/mol. The van der Waals surface area contributed by atoms with E-state index in [1.54, 1.807) is 24.3 Å². The summed E-state index contributed by atoms with van der Waals surface area (Å²) in [6, 6.07) is 6.85. The van der Waals surface area contributed by atoms with Crippen LogP contribution in [0, 0.1) is 5.92 Å². The Kier molecular flexibility index (Phi) is 15.5. The Morgan fingerprint density at radius 1 is 0.806 bits per heavy atom. The lowest BCUT2D eigenvalue weighted by Gasteiger charge is -2.17. The molecule has 0 fully saturated rings. The fraction of sp³-hybridized carbons (Fsp3) is 0.667. The van der Waals surface area contributed by atoms with Crippen molar-refractivity contribution in [2.75, 3.05) is 0 Å². The highest BCUT2D eigenvalue weighted by Crippen LogP contribution is 2.25. The molecule has 0 saturated heterocycles. The van der Waals surface area contributed by atoms with Gasteiger partial charge < -0.3 is 4.74 Å². The summed E-state index contributed by atoms with van der Waals surface area (Å²) in [7, 11) is 0. The van der Waals surface area contributed by atoms with Crippen LogP contribution in [0.15, 0.2) is 36.9 Å². The minimum absolute atomic E-state index is 0.260. The predicted octanol–water partition coefficient (Wildman–Crippen LogP) is 8.16. The SMILES string of the molecule is CCCCCCCCCCC(CCCCCCCC)CC(=O)Oc1ccccc1C(=O)n1cncn1. The molecule has 0 amide bonds. The number of rotatable bonds is 20. The number of unbranched alkanes of at least 4 members (excludes halogenated alkanes) is 12. The number of carbonyl (C=O) groups excluding carboxylic acids is 2. The normalized spacial score (nSPS) is 11.9. The largest absolute Gasteiger partial charge is 0.426 e. The summed E-state index contributed by atoms with van der Waals surface area (Å²) < 4.78 is 6.86. The molecular formula is C30H47N3O3. The number of benzene rings is 1. The highest BCUT2D eigenvalue weighted by Gasteiger charge is 2.20. The van der Waals surface area contributed by atoms with E-state index in [9.17, 15) is 9.59 Å². The van der Waals surface area contributed by atoms with Crippen molar-refractivity contribution in [2.45, 2.75) is 123 Å². The summed E-state index contributed by atoms with van der Waals surface area (Å²) in [6.07, 6.45) is 23.1. The third kappa shape index (κ3) is 12.0. The third-order valence-electron chi connectivity index (χ3n) is 6.86. The molecule has 0 saturated carbocycles. The second-order valence-electron chi connectivity index (χ2n) is 10.0. The van der Waals surface area contributed by atoms with E-state index >= 15 is 0 Å². The molecule has 200 valence electrons. The first-order valence-corrected chi connectivity index (χ1v) is 14.3. The Morgan fingerprint density at radius 3 is 1.92 bits per heavy atom. The highest BCUT2D eigenvalue weighted by atomic mass is 16.5. The van der Waals surface area contributed by atoms with Crippen LogP contribution in [0.4, 0.5) is 0 Å². The van der Waals surface area contributed by atoms with Crippen LogP contribution in [-0.4, -0.2) is 26.6 Å². The van der Waals surface area contributed by atoms with Crippen LogP contribution in [0.25, 0.3) is 0 Å². The summed E-state index contributed by atoms with van der Waals surface area (Å²) in [6.45, 7) is 4.49. The Bertz CT molecular complexity index is 851.